The lowest BCUT2D eigenvalue weighted by Crippen LogP contribution is -2.35. The summed E-state index contributed by atoms with van der Waals surface area (Å²) in [6.07, 6.45) is 0. The fourth-order valence-electron chi connectivity index (χ4n) is 1.42. The minimum Gasteiger partial charge on any atom is -0.480 e. The average Bonchev–Trinajstić information content (AvgIpc) is 2.23. The van der Waals surface area contributed by atoms with Gasteiger partial charge in [-0.05, 0) is 12.1 Å². The SMILES string of the molecule is CCN(CC(=O)O)S(=O)(=O)c1c(Cl)cc(Br)cc1Cl. The number of rotatable bonds is 5. The van der Waals surface area contributed by atoms with Crippen molar-refractivity contribution < 1.29 is 18.3 Å². The van der Waals surface area contributed by atoms with Crippen LogP contribution in [-0.4, -0.2) is 36.9 Å². The van der Waals surface area contributed by atoms with Crippen LogP contribution in [0.2, 0.25) is 10.0 Å². The van der Waals surface area contributed by atoms with Crippen molar-refractivity contribution in [2.45, 2.75) is 11.8 Å². The minimum atomic E-state index is -4.06. The average molecular weight is 391 g/mol. The van der Waals surface area contributed by atoms with Gasteiger partial charge in [0.25, 0.3) is 0 Å². The molecule has 5 nitrogen and oxygen atoms in total. The van der Waals surface area contributed by atoms with Gasteiger partial charge in [0.15, 0.2) is 0 Å². The molecule has 0 aliphatic rings. The Kier molecular flexibility index (Phi) is 5.64. The molecule has 106 valence electrons. The lowest BCUT2D eigenvalue weighted by molar-refractivity contribution is -0.137. The fraction of sp³-hybridized carbons (Fsp3) is 0.300. The molecule has 0 amide bonds. The largest absolute Gasteiger partial charge is 0.480 e. The molecular weight excluding hydrogens is 381 g/mol. The van der Waals surface area contributed by atoms with Crippen LogP contribution in [0.4, 0.5) is 0 Å². The predicted octanol–water partition coefficient (Wildman–Crippen LogP) is 2.85. The molecule has 0 aromatic heterocycles. The number of hydrogen-bond donors (Lipinski definition) is 1. The van der Waals surface area contributed by atoms with E-state index < -0.39 is 22.5 Å². The normalized spacial score (nSPS) is 11.8. The molecule has 0 saturated heterocycles. The van der Waals surface area contributed by atoms with E-state index in [9.17, 15) is 13.2 Å². The van der Waals surface area contributed by atoms with Crippen LogP contribution < -0.4 is 0 Å². The van der Waals surface area contributed by atoms with Gasteiger partial charge in [-0.25, -0.2) is 8.42 Å². The van der Waals surface area contributed by atoms with Crippen LogP contribution >= 0.6 is 39.1 Å². The third-order valence-electron chi connectivity index (χ3n) is 2.23. The van der Waals surface area contributed by atoms with E-state index in [0.29, 0.717) is 4.47 Å². The van der Waals surface area contributed by atoms with Crippen molar-refractivity contribution in [2.75, 3.05) is 13.1 Å². The summed E-state index contributed by atoms with van der Waals surface area (Å²) in [5, 5.41) is 8.60. The van der Waals surface area contributed by atoms with Crippen LogP contribution in [0.15, 0.2) is 21.5 Å². The van der Waals surface area contributed by atoms with Crippen molar-refractivity contribution in [1.82, 2.24) is 4.31 Å². The van der Waals surface area contributed by atoms with E-state index in [-0.39, 0.29) is 21.5 Å². The summed E-state index contributed by atoms with van der Waals surface area (Å²) < 4.78 is 26.0. The second-order valence-corrected chi connectivity index (χ2v) is 7.13. The van der Waals surface area contributed by atoms with Crippen LogP contribution in [0.3, 0.4) is 0 Å². The van der Waals surface area contributed by atoms with E-state index in [0.717, 1.165) is 4.31 Å². The van der Waals surface area contributed by atoms with E-state index in [2.05, 4.69) is 15.9 Å². The molecule has 0 radical (unpaired) electrons. The maximum atomic E-state index is 12.3. The van der Waals surface area contributed by atoms with Crippen LogP contribution in [0.25, 0.3) is 0 Å². The molecule has 1 rings (SSSR count). The summed E-state index contributed by atoms with van der Waals surface area (Å²) in [6.45, 7) is 0.875. The highest BCUT2D eigenvalue weighted by Crippen LogP contribution is 2.34. The minimum absolute atomic E-state index is 0.00262. The van der Waals surface area contributed by atoms with Crippen molar-refractivity contribution in [2.24, 2.45) is 0 Å². The van der Waals surface area contributed by atoms with Crippen LogP contribution in [0.1, 0.15) is 6.92 Å². The Bertz CT molecular complexity index is 583. The van der Waals surface area contributed by atoms with Gasteiger partial charge < -0.3 is 5.11 Å². The van der Waals surface area contributed by atoms with Crippen LogP contribution in [0.5, 0.6) is 0 Å². The van der Waals surface area contributed by atoms with Gasteiger partial charge in [-0.2, -0.15) is 4.31 Å². The third-order valence-corrected chi connectivity index (χ3v) is 5.53. The van der Waals surface area contributed by atoms with Crippen molar-refractivity contribution in [3.05, 3.63) is 26.7 Å². The maximum absolute atomic E-state index is 12.3. The van der Waals surface area contributed by atoms with Crippen molar-refractivity contribution >= 4 is 55.1 Å². The summed E-state index contributed by atoms with van der Waals surface area (Å²) in [6, 6.07) is 2.77. The number of aliphatic carboxylic acids is 1. The summed E-state index contributed by atoms with van der Waals surface area (Å²) in [5.41, 5.74) is 0. The number of nitrogens with zero attached hydrogens (tertiary/aromatic N) is 1. The molecule has 0 bridgehead atoms. The Labute approximate surface area is 129 Å². The Morgan fingerprint density at radius 1 is 1.37 bits per heavy atom. The van der Waals surface area contributed by atoms with Gasteiger partial charge in [-0.3, -0.25) is 4.79 Å². The molecule has 0 unspecified atom stereocenters. The summed E-state index contributed by atoms with van der Waals surface area (Å²) in [7, 11) is -4.06. The number of carbonyl (C=O) groups is 1. The lowest BCUT2D eigenvalue weighted by Gasteiger charge is -2.20. The van der Waals surface area contributed by atoms with Crippen LogP contribution in [0, 0.1) is 0 Å². The highest BCUT2D eigenvalue weighted by Gasteiger charge is 2.29. The molecule has 9 heteroatoms. The van der Waals surface area contributed by atoms with E-state index >= 15 is 0 Å². The number of sulfonamides is 1. The highest BCUT2D eigenvalue weighted by atomic mass is 79.9. The van der Waals surface area contributed by atoms with Gasteiger partial charge in [-0.1, -0.05) is 46.1 Å². The standard InChI is InChI=1S/C10H10BrCl2NO4S/c1-2-14(5-9(15)16)19(17,18)10-7(12)3-6(11)4-8(10)13/h3-4H,2,5H2,1H3,(H,15,16). The zero-order valence-electron chi connectivity index (χ0n) is 9.73. The molecular formula is C10H10BrCl2NO4S. The van der Waals surface area contributed by atoms with E-state index in [1.807, 2.05) is 0 Å². The van der Waals surface area contributed by atoms with Gasteiger partial charge in [0.1, 0.15) is 11.4 Å². The first-order chi connectivity index (χ1) is 8.70. The summed E-state index contributed by atoms with van der Waals surface area (Å²) >= 11 is 14.9. The number of carboxylic acid groups (broad SMARTS) is 1. The third kappa shape index (κ3) is 3.82. The predicted molar refractivity (Wildman–Crippen MR) is 76.2 cm³/mol. The maximum Gasteiger partial charge on any atom is 0.318 e. The smallest absolute Gasteiger partial charge is 0.318 e. The monoisotopic (exact) mass is 389 g/mol. The lowest BCUT2D eigenvalue weighted by atomic mass is 10.4. The Hall–Kier alpha value is -0.340. The van der Waals surface area contributed by atoms with Gasteiger partial charge in [-0.15, -0.1) is 0 Å². The number of halogens is 3. The Balaban J connectivity index is 3.38. The number of carboxylic acids is 1. The molecule has 0 aliphatic carbocycles. The van der Waals surface area contributed by atoms with Crippen molar-refractivity contribution in [3.8, 4) is 0 Å². The molecule has 0 saturated carbocycles. The highest BCUT2D eigenvalue weighted by molar-refractivity contribution is 9.10. The first kappa shape index (κ1) is 16.7. The van der Waals surface area contributed by atoms with Crippen molar-refractivity contribution in [1.29, 1.82) is 0 Å². The first-order valence-electron chi connectivity index (χ1n) is 5.06. The van der Waals surface area contributed by atoms with Gasteiger partial charge >= 0.3 is 5.97 Å². The molecule has 0 fully saturated rings. The number of benzene rings is 1. The summed E-state index contributed by atoms with van der Waals surface area (Å²) in [5.74, 6) is -1.25. The molecule has 1 aromatic rings. The molecule has 0 heterocycles. The Morgan fingerprint density at radius 2 is 1.84 bits per heavy atom. The zero-order valence-corrected chi connectivity index (χ0v) is 13.6. The summed E-state index contributed by atoms with van der Waals surface area (Å²) in [4.78, 5) is 10.4. The molecule has 0 aliphatic heterocycles. The fourth-order valence-corrected chi connectivity index (χ4v) is 4.70. The second-order valence-electron chi connectivity index (χ2n) is 3.52. The number of likely N-dealkylation sites (N-methyl/N-ethyl adjacent to an activating group) is 1. The van der Waals surface area contributed by atoms with Gasteiger partial charge in [0.05, 0.1) is 10.0 Å². The van der Waals surface area contributed by atoms with E-state index in [4.69, 9.17) is 28.3 Å². The molecule has 1 aromatic carbocycles. The van der Waals surface area contributed by atoms with Gasteiger partial charge in [0.2, 0.25) is 10.0 Å². The van der Waals surface area contributed by atoms with Crippen molar-refractivity contribution in [3.63, 3.8) is 0 Å². The molecule has 1 N–H and O–H groups in total. The van der Waals surface area contributed by atoms with E-state index in [1.54, 1.807) is 0 Å². The molecule has 0 spiro atoms. The molecule has 19 heavy (non-hydrogen) atoms. The topological polar surface area (TPSA) is 74.7 Å². The zero-order chi connectivity index (χ0) is 14.8. The van der Waals surface area contributed by atoms with E-state index in [1.165, 1.54) is 19.1 Å². The van der Waals surface area contributed by atoms with Crippen LogP contribution in [-0.2, 0) is 14.8 Å². The molecule has 0 atom stereocenters. The first-order valence-corrected chi connectivity index (χ1v) is 8.05. The number of hydrogen-bond acceptors (Lipinski definition) is 3. The van der Waals surface area contributed by atoms with Gasteiger partial charge in [0, 0.05) is 11.0 Å². The second kappa shape index (κ2) is 6.41. The quantitative estimate of drug-likeness (QED) is 0.838. The Morgan fingerprint density at radius 3 is 2.21 bits per heavy atom.